The van der Waals surface area contributed by atoms with E-state index in [0.717, 1.165) is 11.1 Å². The highest BCUT2D eigenvalue weighted by atomic mass is 16.6. The maximum atomic E-state index is 12.8. The van der Waals surface area contributed by atoms with Gasteiger partial charge in [0.1, 0.15) is 12.3 Å². The summed E-state index contributed by atoms with van der Waals surface area (Å²) in [4.78, 5) is 29.5. The summed E-state index contributed by atoms with van der Waals surface area (Å²) in [5.41, 5.74) is 1.80. The Morgan fingerprint density at radius 3 is 2.57 bits per heavy atom. The molecule has 1 saturated heterocycles. The number of para-hydroxylation sites is 1. The van der Waals surface area contributed by atoms with Crippen LogP contribution in [0.1, 0.15) is 11.6 Å². The number of nitrogens with one attached hydrogen (secondary N) is 1. The molecular formula is C18H14N2O3. The summed E-state index contributed by atoms with van der Waals surface area (Å²) in [6, 6.07) is 16.5. The third kappa shape index (κ3) is 2.17. The fraction of sp³-hybridized carbons (Fsp3) is 0.111. The molecule has 114 valence electrons. The smallest absolute Gasteiger partial charge is 0.415 e. The average molecular weight is 306 g/mol. The maximum absolute atomic E-state index is 12.8. The van der Waals surface area contributed by atoms with Gasteiger partial charge in [0.25, 0.3) is 0 Å². The van der Waals surface area contributed by atoms with Crippen molar-refractivity contribution in [1.29, 1.82) is 0 Å². The van der Waals surface area contributed by atoms with Crippen LogP contribution in [0.3, 0.4) is 0 Å². The molecule has 0 bridgehead atoms. The van der Waals surface area contributed by atoms with Crippen molar-refractivity contribution in [2.45, 2.75) is 6.04 Å². The molecule has 1 unspecified atom stereocenters. The third-order valence-electron chi connectivity index (χ3n) is 4.09. The van der Waals surface area contributed by atoms with E-state index in [1.807, 2.05) is 42.5 Å². The Bertz CT molecular complexity index is 934. The average Bonchev–Trinajstić information content (AvgIpc) is 2.98. The lowest BCUT2D eigenvalue weighted by molar-refractivity contribution is 0.179. The number of cyclic esters (lactones) is 1. The predicted molar refractivity (Wildman–Crippen MR) is 87.6 cm³/mol. The van der Waals surface area contributed by atoms with Crippen LogP contribution in [-0.4, -0.2) is 17.7 Å². The Labute approximate surface area is 132 Å². The van der Waals surface area contributed by atoms with Crippen molar-refractivity contribution < 1.29 is 9.53 Å². The van der Waals surface area contributed by atoms with Gasteiger partial charge in [0.05, 0.1) is 6.04 Å². The van der Waals surface area contributed by atoms with E-state index in [9.17, 15) is 9.59 Å². The molecule has 0 aliphatic carbocycles. The van der Waals surface area contributed by atoms with E-state index < -0.39 is 6.09 Å². The van der Waals surface area contributed by atoms with E-state index in [1.165, 1.54) is 4.90 Å². The van der Waals surface area contributed by atoms with Crippen molar-refractivity contribution in [1.82, 2.24) is 4.98 Å². The fourth-order valence-electron chi connectivity index (χ4n) is 2.94. The number of carbonyl (C=O) groups is 1. The van der Waals surface area contributed by atoms with Crippen molar-refractivity contribution >= 4 is 22.7 Å². The molecular weight excluding hydrogens is 292 g/mol. The zero-order chi connectivity index (χ0) is 15.8. The molecule has 0 spiro atoms. The van der Waals surface area contributed by atoms with Crippen molar-refractivity contribution in [3.63, 3.8) is 0 Å². The second-order valence-electron chi connectivity index (χ2n) is 5.42. The Hall–Kier alpha value is -3.08. The number of H-pyrrole nitrogens is 1. The van der Waals surface area contributed by atoms with E-state index in [1.54, 1.807) is 18.3 Å². The molecule has 0 saturated carbocycles. The number of hydrogen-bond acceptors (Lipinski definition) is 3. The maximum Gasteiger partial charge on any atom is 0.415 e. The van der Waals surface area contributed by atoms with E-state index in [2.05, 4.69) is 4.98 Å². The van der Waals surface area contributed by atoms with Gasteiger partial charge < -0.3 is 9.72 Å². The lowest BCUT2D eigenvalue weighted by atomic mass is 10.1. The molecule has 23 heavy (non-hydrogen) atoms. The van der Waals surface area contributed by atoms with Gasteiger partial charge in [-0.1, -0.05) is 42.5 Å². The molecule has 4 rings (SSSR count). The number of rotatable bonds is 2. The number of aromatic nitrogens is 1. The minimum absolute atomic E-state index is 0.181. The summed E-state index contributed by atoms with van der Waals surface area (Å²) >= 11 is 0. The lowest BCUT2D eigenvalue weighted by Crippen LogP contribution is -2.31. The molecule has 1 aromatic heterocycles. The minimum atomic E-state index is -0.500. The van der Waals surface area contributed by atoms with Gasteiger partial charge in [0, 0.05) is 17.1 Å². The van der Waals surface area contributed by atoms with Gasteiger partial charge in [-0.15, -0.1) is 0 Å². The molecule has 2 heterocycles. The molecule has 3 aromatic rings. The highest BCUT2D eigenvalue weighted by Crippen LogP contribution is 2.31. The molecule has 1 atom stereocenters. The summed E-state index contributed by atoms with van der Waals surface area (Å²) in [5, 5.41) is 0.552. The fourth-order valence-corrected chi connectivity index (χ4v) is 2.94. The van der Waals surface area contributed by atoms with Crippen molar-refractivity contribution in [3.8, 4) is 0 Å². The van der Waals surface area contributed by atoms with Crippen molar-refractivity contribution in [3.05, 3.63) is 76.6 Å². The van der Waals surface area contributed by atoms with Crippen LogP contribution < -0.4 is 10.3 Å². The quantitative estimate of drug-likeness (QED) is 0.790. The SMILES string of the molecule is O=C1OCC(c2ccccc2)N1c1c[nH]c2ccccc2c1=O. The number of aromatic amines is 1. The topological polar surface area (TPSA) is 62.4 Å². The molecule has 5 nitrogen and oxygen atoms in total. The zero-order valence-electron chi connectivity index (χ0n) is 12.2. The highest BCUT2D eigenvalue weighted by molar-refractivity contribution is 5.93. The van der Waals surface area contributed by atoms with Crippen LogP contribution in [0.15, 0.2) is 65.6 Å². The molecule has 1 N–H and O–H groups in total. The number of fused-ring (bicyclic) bond motifs is 1. The van der Waals surface area contributed by atoms with Crippen LogP contribution in [0.25, 0.3) is 10.9 Å². The molecule has 5 heteroatoms. The standard InChI is InChI=1S/C18H14N2O3/c21-17-13-8-4-5-9-14(13)19-10-15(17)20-16(11-23-18(20)22)12-6-2-1-3-7-12/h1-10,16H,11H2,(H,19,21). The van der Waals surface area contributed by atoms with Gasteiger partial charge in [-0.3, -0.25) is 9.69 Å². The van der Waals surface area contributed by atoms with Crippen LogP contribution in [0.5, 0.6) is 0 Å². The van der Waals surface area contributed by atoms with Crippen molar-refractivity contribution in [2.75, 3.05) is 11.5 Å². The molecule has 1 fully saturated rings. The van der Waals surface area contributed by atoms with Gasteiger partial charge in [0.2, 0.25) is 5.43 Å². The molecule has 1 amide bonds. The Morgan fingerprint density at radius 1 is 1.00 bits per heavy atom. The summed E-state index contributed by atoms with van der Waals surface area (Å²) in [6.45, 7) is 0.231. The number of anilines is 1. The number of benzene rings is 2. The van der Waals surface area contributed by atoms with Gasteiger partial charge in [-0.05, 0) is 17.7 Å². The molecule has 1 aliphatic heterocycles. The number of nitrogens with zero attached hydrogens (tertiary/aromatic N) is 1. The first-order valence-corrected chi connectivity index (χ1v) is 7.37. The largest absolute Gasteiger partial charge is 0.447 e. The lowest BCUT2D eigenvalue weighted by Gasteiger charge is -2.21. The first-order valence-electron chi connectivity index (χ1n) is 7.37. The monoisotopic (exact) mass is 306 g/mol. The van der Waals surface area contributed by atoms with Gasteiger partial charge in [-0.25, -0.2) is 4.79 Å². The zero-order valence-corrected chi connectivity index (χ0v) is 12.2. The van der Waals surface area contributed by atoms with Gasteiger partial charge in [0.15, 0.2) is 0 Å². The van der Waals surface area contributed by atoms with E-state index in [4.69, 9.17) is 4.74 Å². The second kappa shape index (κ2) is 5.28. The minimum Gasteiger partial charge on any atom is -0.447 e. The van der Waals surface area contributed by atoms with Crippen LogP contribution >= 0.6 is 0 Å². The molecule has 0 radical (unpaired) electrons. The Balaban J connectivity index is 1.86. The number of carbonyl (C=O) groups excluding carboxylic acids is 1. The van der Waals surface area contributed by atoms with E-state index in [-0.39, 0.29) is 18.1 Å². The number of pyridine rings is 1. The highest BCUT2D eigenvalue weighted by Gasteiger charge is 2.36. The third-order valence-corrected chi connectivity index (χ3v) is 4.09. The molecule has 1 aliphatic rings. The van der Waals surface area contributed by atoms with Crippen molar-refractivity contribution in [2.24, 2.45) is 0 Å². The normalized spacial score (nSPS) is 17.5. The van der Waals surface area contributed by atoms with Crippen LogP contribution in [0.4, 0.5) is 10.5 Å². The van der Waals surface area contributed by atoms with Crippen LogP contribution in [-0.2, 0) is 4.74 Å². The number of ether oxygens (including phenoxy) is 1. The van der Waals surface area contributed by atoms with E-state index >= 15 is 0 Å². The van der Waals surface area contributed by atoms with Crippen LogP contribution in [0, 0.1) is 0 Å². The first kappa shape index (κ1) is 13.6. The number of amides is 1. The Kier molecular flexibility index (Phi) is 3.12. The van der Waals surface area contributed by atoms with Crippen LogP contribution in [0.2, 0.25) is 0 Å². The van der Waals surface area contributed by atoms with E-state index in [0.29, 0.717) is 11.1 Å². The summed E-state index contributed by atoms with van der Waals surface area (Å²) < 4.78 is 5.19. The summed E-state index contributed by atoms with van der Waals surface area (Å²) in [7, 11) is 0. The first-order chi connectivity index (χ1) is 11.3. The van der Waals surface area contributed by atoms with Gasteiger partial charge >= 0.3 is 6.09 Å². The summed E-state index contributed by atoms with van der Waals surface area (Å²) in [5.74, 6) is 0. The molecule has 2 aromatic carbocycles. The number of hydrogen-bond donors (Lipinski definition) is 1. The second-order valence-corrected chi connectivity index (χ2v) is 5.42. The van der Waals surface area contributed by atoms with Gasteiger partial charge in [-0.2, -0.15) is 0 Å². The summed E-state index contributed by atoms with van der Waals surface area (Å²) in [6.07, 6.45) is 1.08. The Morgan fingerprint density at radius 2 is 1.74 bits per heavy atom. The predicted octanol–water partition coefficient (Wildman–Crippen LogP) is 3.23.